The quantitative estimate of drug-likeness (QED) is 0.332. The van der Waals surface area contributed by atoms with Gasteiger partial charge in [-0.25, -0.2) is 4.79 Å². The number of nitriles is 1. The summed E-state index contributed by atoms with van der Waals surface area (Å²) in [5.41, 5.74) is -0.00319. The molecule has 0 heterocycles. The molecule has 1 N–H and O–H groups in total. The molecule has 0 aromatic rings. The van der Waals surface area contributed by atoms with E-state index in [-0.39, 0.29) is 5.57 Å². The average Bonchev–Trinajstić information content (AvgIpc) is 1.82. The van der Waals surface area contributed by atoms with Crippen LogP contribution in [0.5, 0.6) is 0 Å². The Hall–Kier alpha value is -1.50. The second-order valence-electron chi connectivity index (χ2n) is 1.32. The zero-order chi connectivity index (χ0) is 7.28. The summed E-state index contributed by atoms with van der Waals surface area (Å²) in [5, 5.41) is 15.9. The van der Waals surface area contributed by atoms with Crippen molar-refractivity contribution >= 4 is 5.97 Å². The molecule has 0 saturated heterocycles. The van der Waals surface area contributed by atoms with Crippen LogP contribution in [-0.4, -0.2) is 11.1 Å². The number of nitrogens with zero attached hydrogens (tertiary/aromatic N) is 1. The topological polar surface area (TPSA) is 70.3 Å². The van der Waals surface area contributed by atoms with Crippen molar-refractivity contribution in [3.8, 4) is 6.26 Å². The zero-order valence-corrected chi connectivity index (χ0v) is 4.79. The minimum atomic E-state index is -1.09. The summed E-state index contributed by atoms with van der Waals surface area (Å²) >= 11 is 0. The lowest BCUT2D eigenvalue weighted by molar-refractivity contribution is -0.132. The number of carboxylic acids is 1. The van der Waals surface area contributed by atoms with Crippen LogP contribution in [0.3, 0.4) is 0 Å². The molecule has 0 spiro atoms. The van der Waals surface area contributed by atoms with E-state index in [0.29, 0.717) is 0 Å². The summed E-state index contributed by atoms with van der Waals surface area (Å²) in [4.78, 5) is 9.95. The molecule has 0 unspecified atom stereocenters. The van der Waals surface area contributed by atoms with Crippen molar-refractivity contribution in [2.45, 2.75) is 6.92 Å². The molecule has 4 heteroatoms. The molecule has 0 amide bonds. The van der Waals surface area contributed by atoms with E-state index in [1.807, 2.05) is 0 Å². The van der Waals surface area contributed by atoms with Crippen molar-refractivity contribution in [3.05, 3.63) is 11.8 Å². The Morgan fingerprint density at radius 1 is 1.89 bits per heavy atom. The Bertz CT molecular complexity index is 177. The lowest BCUT2D eigenvalue weighted by atomic mass is 10.4. The van der Waals surface area contributed by atoms with Crippen LogP contribution in [0.15, 0.2) is 11.8 Å². The fraction of sp³-hybridized carbons (Fsp3) is 0.200. The van der Waals surface area contributed by atoms with Crippen LogP contribution < -0.4 is 0 Å². The van der Waals surface area contributed by atoms with Gasteiger partial charge in [-0.3, -0.25) is 0 Å². The molecule has 48 valence electrons. The van der Waals surface area contributed by atoms with Crippen LogP contribution in [0.25, 0.3) is 0 Å². The SMILES string of the molecule is CC(=COC#N)C(=O)O. The van der Waals surface area contributed by atoms with Gasteiger partial charge in [0.05, 0.1) is 5.57 Å². The Kier molecular flexibility index (Phi) is 2.91. The van der Waals surface area contributed by atoms with Crippen LogP contribution in [-0.2, 0) is 9.53 Å². The molecule has 4 nitrogen and oxygen atoms in total. The monoisotopic (exact) mass is 127 g/mol. The standard InChI is InChI=1S/C5H5NO3/c1-4(5(7)8)2-9-3-6/h2H,1H3,(H,7,8). The summed E-state index contributed by atoms with van der Waals surface area (Å²) in [7, 11) is 0. The summed E-state index contributed by atoms with van der Waals surface area (Å²) in [6, 6.07) is 0. The van der Waals surface area contributed by atoms with Crippen LogP contribution in [0.2, 0.25) is 0 Å². The van der Waals surface area contributed by atoms with Gasteiger partial charge in [-0.1, -0.05) is 0 Å². The lowest BCUT2D eigenvalue weighted by Gasteiger charge is -1.86. The molecule has 9 heavy (non-hydrogen) atoms. The van der Waals surface area contributed by atoms with Crippen LogP contribution in [0.1, 0.15) is 6.92 Å². The van der Waals surface area contributed by atoms with Gasteiger partial charge in [-0.05, 0) is 6.92 Å². The Labute approximate surface area is 52.0 Å². The van der Waals surface area contributed by atoms with Crippen molar-refractivity contribution in [2.75, 3.05) is 0 Å². The second kappa shape index (κ2) is 3.50. The predicted molar refractivity (Wildman–Crippen MR) is 28.1 cm³/mol. The minimum absolute atomic E-state index is 0.00319. The average molecular weight is 127 g/mol. The summed E-state index contributed by atoms with van der Waals surface area (Å²) < 4.78 is 4.02. The third-order valence-electron chi connectivity index (χ3n) is 0.626. The van der Waals surface area contributed by atoms with E-state index in [0.717, 1.165) is 6.26 Å². The summed E-state index contributed by atoms with van der Waals surface area (Å²) in [5.74, 6) is -1.09. The molecular weight excluding hydrogens is 122 g/mol. The summed E-state index contributed by atoms with van der Waals surface area (Å²) in [6.45, 7) is 1.33. The van der Waals surface area contributed by atoms with Gasteiger partial charge in [0, 0.05) is 0 Å². The number of carboxylic acid groups (broad SMARTS) is 1. The Morgan fingerprint density at radius 3 is 2.78 bits per heavy atom. The fourth-order valence-corrected chi connectivity index (χ4v) is 0.165. The Morgan fingerprint density at radius 2 is 2.44 bits per heavy atom. The minimum Gasteiger partial charge on any atom is -0.478 e. The molecule has 0 fully saturated rings. The number of rotatable bonds is 2. The maximum atomic E-state index is 9.95. The maximum Gasteiger partial charge on any atom is 0.334 e. The lowest BCUT2D eigenvalue weighted by Crippen LogP contribution is -1.95. The van der Waals surface area contributed by atoms with Gasteiger partial charge >= 0.3 is 5.97 Å². The smallest absolute Gasteiger partial charge is 0.334 e. The number of hydrogen-bond acceptors (Lipinski definition) is 3. The van der Waals surface area contributed by atoms with Gasteiger partial charge in [0.1, 0.15) is 6.26 Å². The number of aliphatic carboxylic acids is 1. The molecule has 0 aromatic carbocycles. The van der Waals surface area contributed by atoms with Crippen molar-refractivity contribution in [3.63, 3.8) is 0 Å². The normalized spacial score (nSPS) is 10.0. The van der Waals surface area contributed by atoms with E-state index in [4.69, 9.17) is 10.4 Å². The van der Waals surface area contributed by atoms with E-state index in [9.17, 15) is 4.79 Å². The Balaban J connectivity index is 3.88. The molecule has 0 aliphatic heterocycles. The van der Waals surface area contributed by atoms with Crippen molar-refractivity contribution < 1.29 is 14.6 Å². The molecule has 0 aliphatic rings. The first-order chi connectivity index (χ1) is 4.18. The highest BCUT2D eigenvalue weighted by Gasteiger charge is 1.97. The number of ether oxygens (including phenoxy) is 1. The van der Waals surface area contributed by atoms with E-state index in [2.05, 4.69) is 4.74 Å². The highest BCUT2D eigenvalue weighted by molar-refractivity contribution is 5.85. The van der Waals surface area contributed by atoms with Gasteiger partial charge < -0.3 is 9.84 Å². The summed E-state index contributed by atoms with van der Waals surface area (Å²) in [6.07, 6.45) is 2.19. The molecule has 0 aromatic heterocycles. The number of hydrogen-bond donors (Lipinski definition) is 1. The largest absolute Gasteiger partial charge is 0.478 e. The van der Waals surface area contributed by atoms with Crippen molar-refractivity contribution in [2.24, 2.45) is 0 Å². The first-order valence-corrected chi connectivity index (χ1v) is 2.13. The van der Waals surface area contributed by atoms with Crippen molar-refractivity contribution in [1.82, 2.24) is 0 Å². The number of carbonyl (C=O) groups is 1. The first-order valence-electron chi connectivity index (χ1n) is 2.13. The van der Waals surface area contributed by atoms with E-state index in [1.54, 1.807) is 0 Å². The third-order valence-corrected chi connectivity index (χ3v) is 0.626. The molecule has 0 radical (unpaired) electrons. The van der Waals surface area contributed by atoms with Gasteiger partial charge in [-0.15, -0.1) is 5.26 Å². The molecule has 0 bridgehead atoms. The van der Waals surface area contributed by atoms with E-state index in [1.165, 1.54) is 13.2 Å². The maximum absolute atomic E-state index is 9.95. The van der Waals surface area contributed by atoms with E-state index < -0.39 is 5.97 Å². The molecule has 0 saturated carbocycles. The zero-order valence-electron chi connectivity index (χ0n) is 4.79. The predicted octanol–water partition coefficient (Wildman–Crippen LogP) is 0.472. The van der Waals surface area contributed by atoms with Gasteiger partial charge in [0.15, 0.2) is 0 Å². The van der Waals surface area contributed by atoms with E-state index >= 15 is 0 Å². The second-order valence-corrected chi connectivity index (χ2v) is 1.32. The van der Waals surface area contributed by atoms with Crippen LogP contribution in [0, 0.1) is 11.5 Å². The molecule has 0 rings (SSSR count). The highest BCUT2D eigenvalue weighted by atomic mass is 16.5. The highest BCUT2D eigenvalue weighted by Crippen LogP contribution is 1.90. The van der Waals surface area contributed by atoms with Crippen LogP contribution >= 0.6 is 0 Å². The van der Waals surface area contributed by atoms with Gasteiger partial charge in [0.2, 0.25) is 0 Å². The van der Waals surface area contributed by atoms with Crippen LogP contribution in [0.4, 0.5) is 0 Å². The molecule has 0 atom stereocenters. The molecular formula is C5H5NO3. The van der Waals surface area contributed by atoms with Gasteiger partial charge in [0.25, 0.3) is 6.26 Å². The van der Waals surface area contributed by atoms with Gasteiger partial charge in [-0.2, -0.15) is 0 Å². The van der Waals surface area contributed by atoms with Crippen molar-refractivity contribution in [1.29, 1.82) is 5.26 Å². The fourth-order valence-electron chi connectivity index (χ4n) is 0.165. The third kappa shape index (κ3) is 3.12. The first kappa shape index (κ1) is 7.50. The molecule has 0 aliphatic carbocycles.